The number of carbonyl (C=O) groups is 2. The third kappa shape index (κ3) is 5.43. The monoisotopic (exact) mass is 376 g/mol. The lowest BCUT2D eigenvalue weighted by Gasteiger charge is -2.35. The van der Waals surface area contributed by atoms with Gasteiger partial charge in [0.25, 0.3) is 5.91 Å². The Kier molecular flexibility index (Phi) is 7.06. The zero-order valence-corrected chi connectivity index (χ0v) is 15.9. The molecule has 2 aliphatic rings. The molecule has 2 saturated heterocycles. The van der Waals surface area contributed by atoms with E-state index in [0.717, 1.165) is 25.9 Å². The topological polar surface area (TPSA) is 68.3 Å². The van der Waals surface area contributed by atoms with Crippen molar-refractivity contribution in [2.45, 2.75) is 25.4 Å². The predicted molar refractivity (Wildman–Crippen MR) is 99.9 cm³/mol. The number of amides is 2. The lowest BCUT2D eigenvalue weighted by atomic mass is 10.1. The van der Waals surface area contributed by atoms with Gasteiger partial charge >= 0.3 is 0 Å². The van der Waals surface area contributed by atoms with E-state index in [4.69, 9.17) is 14.2 Å². The van der Waals surface area contributed by atoms with Gasteiger partial charge in [-0.15, -0.1) is 0 Å². The van der Waals surface area contributed by atoms with Crippen LogP contribution in [-0.2, 0) is 14.3 Å². The lowest BCUT2D eigenvalue weighted by molar-refractivity contribution is -0.139. The first kappa shape index (κ1) is 19.6. The Morgan fingerprint density at radius 2 is 1.93 bits per heavy atom. The van der Waals surface area contributed by atoms with E-state index in [0.29, 0.717) is 44.1 Å². The average molecular weight is 376 g/mol. The van der Waals surface area contributed by atoms with Crippen LogP contribution in [0.3, 0.4) is 0 Å². The summed E-state index contributed by atoms with van der Waals surface area (Å²) in [6, 6.07) is 7.13. The van der Waals surface area contributed by atoms with Crippen LogP contribution in [0, 0.1) is 0 Å². The van der Waals surface area contributed by atoms with Crippen LogP contribution in [-0.4, -0.2) is 80.8 Å². The number of nitrogens with zero attached hydrogens (tertiary/aromatic N) is 2. The first-order chi connectivity index (χ1) is 13.2. The van der Waals surface area contributed by atoms with Gasteiger partial charge in [-0.2, -0.15) is 0 Å². The normalized spacial score (nSPS) is 20.4. The average Bonchev–Trinajstić information content (AvgIpc) is 2.74. The summed E-state index contributed by atoms with van der Waals surface area (Å²) in [6.45, 7) is 3.42. The summed E-state index contributed by atoms with van der Waals surface area (Å²) in [5, 5.41) is 0. The Bertz CT molecular complexity index is 637. The molecule has 0 unspecified atom stereocenters. The summed E-state index contributed by atoms with van der Waals surface area (Å²) in [5.41, 5.74) is 0.602. The second kappa shape index (κ2) is 9.71. The fourth-order valence-electron chi connectivity index (χ4n) is 3.41. The Morgan fingerprint density at radius 1 is 1.15 bits per heavy atom. The predicted octanol–water partition coefficient (Wildman–Crippen LogP) is 1.57. The Morgan fingerprint density at radius 3 is 2.63 bits per heavy atom. The van der Waals surface area contributed by atoms with Crippen molar-refractivity contribution in [3.63, 3.8) is 0 Å². The first-order valence-electron chi connectivity index (χ1n) is 9.58. The number of carbonyl (C=O) groups excluding carboxylic acids is 2. The molecule has 1 aromatic rings. The number of hydrogen-bond donors (Lipinski definition) is 0. The second-order valence-corrected chi connectivity index (χ2v) is 6.91. The standard InChI is InChI=1S/C20H28N2O5/c1-25-17-7-4-5-16(13-17)20(24)22-10-8-21(9-11-22)19(23)15-26-14-18-6-2-3-12-27-18/h4-5,7,13,18H,2-3,6,8-12,14-15H2,1H3/t18-/m0/s1. The SMILES string of the molecule is COc1cccc(C(=O)N2CCN(C(=O)COC[C@@H]3CCCCO3)CC2)c1. The minimum atomic E-state index is -0.0355. The Balaban J connectivity index is 1.41. The van der Waals surface area contributed by atoms with Crippen molar-refractivity contribution in [3.05, 3.63) is 29.8 Å². The van der Waals surface area contributed by atoms with Crippen molar-refractivity contribution in [1.29, 1.82) is 0 Å². The van der Waals surface area contributed by atoms with E-state index in [1.54, 1.807) is 35.1 Å². The number of methoxy groups -OCH3 is 1. The summed E-state index contributed by atoms with van der Waals surface area (Å²) < 4.78 is 16.3. The van der Waals surface area contributed by atoms with Crippen LogP contribution in [0.1, 0.15) is 29.6 Å². The molecular formula is C20H28N2O5. The molecule has 0 spiro atoms. The van der Waals surface area contributed by atoms with Crippen LogP contribution in [0.25, 0.3) is 0 Å². The highest BCUT2D eigenvalue weighted by Gasteiger charge is 2.25. The summed E-state index contributed by atoms with van der Waals surface area (Å²) >= 11 is 0. The van der Waals surface area contributed by atoms with E-state index in [1.165, 1.54) is 0 Å². The summed E-state index contributed by atoms with van der Waals surface area (Å²) in [5.74, 6) is 0.597. The van der Waals surface area contributed by atoms with E-state index in [1.807, 2.05) is 6.07 Å². The van der Waals surface area contributed by atoms with Gasteiger partial charge in [0.05, 0.1) is 19.8 Å². The molecule has 7 nitrogen and oxygen atoms in total. The quantitative estimate of drug-likeness (QED) is 0.754. The van der Waals surface area contributed by atoms with E-state index < -0.39 is 0 Å². The van der Waals surface area contributed by atoms with Crippen molar-refractivity contribution in [3.8, 4) is 5.75 Å². The maximum absolute atomic E-state index is 12.6. The number of benzene rings is 1. The number of rotatable bonds is 6. The number of hydrogen-bond acceptors (Lipinski definition) is 5. The van der Waals surface area contributed by atoms with Crippen LogP contribution < -0.4 is 4.74 Å². The van der Waals surface area contributed by atoms with Gasteiger partial charge in [-0.05, 0) is 37.5 Å². The Hall–Kier alpha value is -2.12. The third-order valence-electron chi connectivity index (χ3n) is 5.04. The van der Waals surface area contributed by atoms with Crippen LogP contribution in [0.2, 0.25) is 0 Å². The van der Waals surface area contributed by atoms with Crippen molar-refractivity contribution >= 4 is 11.8 Å². The van der Waals surface area contributed by atoms with E-state index >= 15 is 0 Å². The van der Waals surface area contributed by atoms with Gasteiger partial charge in [0.15, 0.2) is 0 Å². The third-order valence-corrected chi connectivity index (χ3v) is 5.04. The van der Waals surface area contributed by atoms with Crippen LogP contribution in [0.5, 0.6) is 5.75 Å². The molecule has 7 heteroatoms. The highest BCUT2D eigenvalue weighted by atomic mass is 16.5. The van der Waals surface area contributed by atoms with Gasteiger partial charge in [0.1, 0.15) is 12.4 Å². The van der Waals surface area contributed by atoms with Crippen LogP contribution in [0.4, 0.5) is 0 Å². The number of piperazine rings is 1. The van der Waals surface area contributed by atoms with E-state index in [2.05, 4.69) is 0 Å². The van der Waals surface area contributed by atoms with Gasteiger partial charge in [-0.1, -0.05) is 6.07 Å². The molecule has 2 amide bonds. The first-order valence-corrected chi connectivity index (χ1v) is 9.58. The van der Waals surface area contributed by atoms with Crippen molar-refractivity contribution < 1.29 is 23.8 Å². The zero-order valence-electron chi connectivity index (χ0n) is 15.9. The smallest absolute Gasteiger partial charge is 0.254 e. The van der Waals surface area contributed by atoms with Crippen LogP contribution >= 0.6 is 0 Å². The van der Waals surface area contributed by atoms with E-state index in [9.17, 15) is 9.59 Å². The summed E-state index contributed by atoms with van der Waals surface area (Å²) in [6.07, 6.45) is 3.38. The van der Waals surface area contributed by atoms with Gasteiger partial charge in [0, 0.05) is 38.3 Å². The molecule has 2 heterocycles. The van der Waals surface area contributed by atoms with Crippen molar-refractivity contribution in [1.82, 2.24) is 9.80 Å². The molecule has 0 bridgehead atoms. The maximum Gasteiger partial charge on any atom is 0.254 e. The highest BCUT2D eigenvalue weighted by Crippen LogP contribution is 2.16. The minimum Gasteiger partial charge on any atom is -0.497 e. The van der Waals surface area contributed by atoms with Gasteiger partial charge < -0.3 is 24.0 Å². The molecule has 2 aliphatic heterocycles. The number of ether oxygens (including phenoxy) is 3. The molecule has 0 radical (unpaired) electrons. The molecule has 148 valence electrons. The second-order valence-electron chi connectivity index (χ2n) is 6.91. The Labute approximate surface area is 160 Å². The lowest BCUT2D eigenvalue weighted by Crippen LogP contribution is -2.51. The summed E-state index contributed by atoms with van der Waals surface area (Å²) in [4.78, 5) is 28.5. The van der Waals surface area contributed by atoms with Gasteiger partial charge in [0.2, 0.25) is 5.91 Å². The summed E-state index contributed by atoms with van der Waals surface area (Å²) in [7, 11) is 1.58. The van der Waals surface area contributed by atoms with E-state index in [-0.39, 0.29) is 24.5 Å². The highest BCUT2D eigenvalue weighted by molar-refractivity contribution is 5.94. The molecule has 2 fully saturated rings. The molecule has 27 heavy (non-hydrogen) atoms. The van der Waals surface area contributed by atoms with Crippen molar-refractivity contribution in [2.24, 2.45) is 0 Å². The molecule has 1 aromatic carbocycles. The molecule has 0 N–H and O–H groups in total. The molecule has 3 rings (SSSR count). The fourth-order valence-corrected chi connectivity index (χ4v) is 3.41. The zero-order chi connectivity index (χ0) is 19.1. The molecular weight excluding hydrogens is 348 g/mol. The minimum absolute atomic E-state index is 0.0284. The molecule has 0 saturated carbocycles. The molecule has 0 aromatic heterocycles. The van der Waals surface area contributed by atoms with Crippen LogP contribution in [0.15, 0.2) is 24.3 Å². The fraction of sp³-hybridized carbons (Fsp3) is 0.600. The largest absolute Gasteiger partial charge is 0.497 e. The van der Waals surface area contributed by atoms with Gasteiger partial charge in [-0.3, -0.25) is 9.59 Å². The maximum atomic E-state index is 12.6. The molecule has 0 aliphatic carbocycles. The van der Waals surface area contributed by atoms with Gasteiger partial charge in [-0.25, -0.2) is 0 Å². The van der Waals surface area contributed by atoms with Crippen molar-refractivity contribution in [2.75, 3.05) is 53.1 Å². The molecule has 1 atom stereocenters.